The van der Waals surface area contributed by atoms with Gasteiger partial charge in [0.25, 0.3) is 11.8 Å². The van der Waals surface area contributed by atoms with Crippen LogP contribution in [0.25, 0.3) is 0 Å². The van der Waals surface area contributed by atoms with E-state index in [-0.39, 0.29) is 18.9 Å². The number of aryl methyl sites for hydroxylation is 2. The molecule has 8 heteroatoms. The Morgan fingerprint density at radius 2 is 1.70 bits per heavy atom. The number of amides is 3. The summed E-state index contributed by atoms with van der Waals surface area (Å²) in [5.74, 6) is -2.60. The topological polar surface area (TPSA) is 105 Å². The van der Waals surface area contributed by atoms with Gasteiger partial charge >= 0.3 is 5.97 Å². The van der Waals surface area contributed by atoms with E-state index in [9.17, 15) is 19.2 Å². The molecule has 1 aliphatic heterocycles. The van der Waals surface area contributed by atoms with Crippen molar-refractivity contribution < 1.29 is 23.9 Å². The molecule has 156 valence electrons. The van der Waals surface area contributed by atoms with Crippen LogP contribution in [-0.2, 0) is 19.1 Å². The summed E-state index contributed by atoms with van der Waals surface area (Å²) in [5.41, 5.74) is 7.61. The van der Waals surface area contributed by atoms with E-state index in [0.717, 1.165) is 16.8 Å². The average Bonchev–Trinajstić information content (AvgIpc) is 3.12. The molecule has 3 amide bonds. The van der Waals surface area contributed by atoms with E-state index in [2.05, 4.69) is 10.9 Å². The Morgan fingerprint density at radius 3 is 2.37 bits per heavy atom. The highest BCUT2D eigenvalue weighted by Crippen LogP contribution is 2.27. The highest BCUT2D eigenvalue weighted by atomic mass is 16.5. The van der Waals surface area contributed by atoms with E-state index in [1.54, 1.807) is 35.2 Å². The Bertz CT molecular complexity index is 954. The minimum atomic E-state index is -0.678. The Kier molecular flexibility index (Phi) is 6.46. The number of nitrogens with one attached hydrogen (secondary N) is 2. The molecule has 30 heavy (non-hydrogen) atoms. The normalized spacial score (nSPS) is 15.6. The lowest BCUT2D eigenvalue weighted by Gasteiger charge is -2.18. The summed E-state index contributed by atoms with van der Waals surface area (Å²) < 4.78 is 5.02. The van der Waals surface area contributed by atoms with Gasteiger partial charge in [-0.25, -0.2) is 0 Å². The molecule has 0 radical (unpaired) electrons. The molecule has 0 aliphatic carbocycles. The molecule has 1 saturated heterocycles. The SMILES string of the molecule is Cc1cc(C)cc(N2C[C@@H](C(=O)OCC(=O)NNC(=O)c3ccccc3)CC2=O)c1. The molecule has 3 rings (SSSR count). The molecular weight excluding hydrogens is 386 g/mol. The van der Waals surface area contributed by atoms with Gasteiger partial charge in [-0.05, 0) is 49.2 Å². The molecule has 1 aliphatic rings. The van der Waals surface area contributed by atoms with Gasteiger partial charge in [-0.3, -0.25) is 30.0 Å². The number of carbonyl (C=O) groups is 4. The summed E-state index contributed by atoms with van der Waals surface area (Å²) in [6.07, 6.45) is 0.0260. The number of hydrazine groups is 1. The van der Waals surface area contributed by atoms with Crippen molar-refractivity contribution in [2.45, 2.75) is 20.3 Å². The van der Waals surface area contributed by atoms with Crippen molar-refractivity contribution in [3.05, 3.63) is 65.2 Å². The molecule has 2 N–H and O–H groups in total. The van der Waals surface area contributed by atoms with Gasteiger partial charge in [-0.15, -0.1) is 0 Å². The van der Waals surface area contributed by atoms with E-state index in [0.29, 0.717) is 5.56 Å². The number of anilines is 1. The lowest BCUT2D eigenvalue weighted by molar-refractivity contribution is -0.152. The second-order valence-electron chi connectivity index (χ2n) is 7.23. The van der Waals surface area contributed by atoms with Crippen LogP contribution in [0.15, 0.2) is 48.5 Å². The van der Waals surface area contributed by atoms with Crippen LogP contribution in [0.2, 0.25) is 0 Å². The van der Waals surface area contributed by atoms with Crippen molar-refractivity contribution in [3.8, 4) is 0 Å². The van der Waals surface area contributed by atoms with Gasteiger partial charge in [0.05, 0.1) is 5.92 Å². The molecule has 2 aromatic carbocycles. The number of hydrogen-bond donors (Lipinski definition) is 2. The second kappa shape index (κ2) is 9.21. The number of hydrogen-bond acceptors (Lipinski definition) is 5. The lowest BCUT2D eigenvalue weighted by Crippen LogP contribution is -2.43. The maximum absolute atomic E-state index is 12.4. The van der Waals surface area contributed by atoms with Gasteiger partial charge < -0.3 is 9.64 Å². The second-order valence-corrected chi connectivity index (χ2v) is 7.23. The third kappa shape index (κ3) is 5.22. The van der Waals surface area contributed by atoms with Crippen LogP contribution in [0.4, 0.5) is 5.69 Å². The smallest absolute Gasteiger partial charge is 0.311 e. The van der Waals surface area contributed by atoms with Gasteiger partial charge in [0, 0.05) is 24.2 Å². The van der Waals surface area contributed by atoms with Crippen LogP contribution < -0.4 is 15.8 Å². The zero-order valence-electron chi connectivity index (χ0n) is 16.8. The lowest BCUT2D eigenvalue weighted by atomic mass is 10.1. The predicted molar refractivity (Wildman–Crippen MR) is 109 cm³/mol. The van der Waals surface area contributed by atoms with Crippen LogP contribution in [0.1, 0.15) is 27.9 Å². The van der Waals surface area contributed by atoms with Crippen LogP contribution in [0, 0.1) is 19.8 Å². The first-order chi connectivity index (χ1) is 14.3. The maximum Gasteiger partial charge on any atom is 0.311 e. The number of rotatable bonds is 5. The van der Waals surface area contributed by atoms with Gasteiger partial charge in [0.1, 0.15) is 0 Å². The monoisotopic (exact) mass is 409 g/mol. The molecule has 1 atom stereocenters. The van der Waals surface area contributed by atoms with Crippen molar-refractivity contribution in [1.29, 1.82) is 0 Å². The zero-order valence-corrected chi connectivity index (χ0v) is 16.8. The van der Waals surface area contributed by atoms with Crippen molar-refractivity contribution >= 4 is 29.4 Å². The van der Waals surface area contributed by atoms with Crippen LogP contribution in [0.3, 0.4) is 0 Å². The first-order valence-corrected chi connectivity index (χ1v) is 9.53. The molecule has 0 saturated carbocycles. The minimum absolute atomic E-state index is 0.0260. The van der Waals surface area contributed by atoms with Crippen molar-refractivity contribution in [1.82, 2.24) is 10.9 Å². The molecule has 1 heterocycles. The number of nitrogens with zero attached hydrogens (tertiary/aromatic N) is 1. The van der Waals surface area contributed by atoms with Gasteiger partial charge in [-0.2, -0.15) is 0 Å². The van der Waals surface area contributed by atoms with Gasteiger partial charge in [-0.1, -0.05) is 24.3 Å². The van der Waals surface area contributed by atoms with Crippen molar-refractivity contribution in [3.63, 3.8) is 0 Å². The van der Waals surface area contributed by atoms with E-state index in [1.807, 2.05) is 32.0 Å². The standard InChI is InChI=1S/C22H23N3O5/c1-14-8-15(2)10-18(9-14)25-12-17(11-20(25)27)22(29)30-13-19(26)23-24-21(28)16-6-4-3-5-7-16/h3-10,17H,11-13H2,1-2H3,(H,23,26)(H,24,28)/t17-/m0/s1. The summed E-state index contributed by atoms with van der Waals surface area (Å²) in [6.45, 7) is 3.53. The third-order valence-electron chi connectivity index (χ3n) is 4.67. The summed E-state index contributed by atoms with van der Waals surface area (Å²) in [7, 11) is 0. The largest absolute Gasteiger partial charge is 0.455 e. The predicted octanol–water partition coefficient (Wildman–Crippen LogP) is 1.66. The Labute approximate surface area is 174 Å². The first-order valence-electron chi connectivity index (χ1n) is 9.53. The Morgan fingerprint density at radius 1 is 1.03 bits per heavy atom. The van der Waals surface area contributed by atoms with Crippen LogP contribution in [-0.4, -0.2) is 36.8 Å². The first kappa shape index (κ1) is 21.0. The summed E-state index contributed by atoms with van der Waals surface area (Å²) in [6, 6.07) is 14.1. The number of benzene rings is 2. The number of carbonyl (C=O) groups excluding carboxylic acids is 4. The molecule has 0 bridgehead atoms. The Balaban J connectivity index is 1.47. The molecular formula is C22H23N3O5. The van der Waals surface area contributed by atoms with Gasteiger partial charge in [0.2, 0.25) is 5.91 Å². The molecule has 2 aromatic rings. The average molecular weight is 409 g/mol. The summed E-state index contributed by atoms with van der Waals surface area (Å²) >= 11 is 0. The molecule has 8 nitrogen and oxygen atoms in total. The quantitative estimate of drug-likeness (QED) is 0.577. The zero-order chi connectivity index (χ0) is 21.7. The van der Waals surface area contributed by atoms with E-state index >= 15 is 0 Å². The summed E-state index contributed by atoms with van der Waals surface area (Å²) in [4.78, 5) is 49.9. The molecule has 0 spiro atoms. The van der Waals surface area contributed by atoms with E-state index in [1.165, 1.54) is 0 Å². The fraction of sp³-hybridized carbons (Fsp3) is 0.273. The maximum atomic E-state index is 12.4. The van der Waals surface area contributed by atoms with Crippen LogP contribution >= 0.6 is 0 Å². The number of ether oxygens (including phenoxy) is 1. The molecule has 1 fully saturated rings. The van der Waals surface area contributed by atoms with E-state index in [4.69, 9.17) is 4.74 Å². The highest BCUT2D eigenvalue weighted by Gasteiger charge is 2.36. The van der Waals surface area contributed by atoms with Crippen molar-refractivity contribution in [2.75, 3.05) is 18.1 Å². The summed E-state index contributed by atoms with van der Waals surface area (Å²) in [5, 5.41) is 0. The van der Waals surface area contributed by atoms with E-state index < -0.39 is 30.3 Å². The fourth-order valence-corrected chi connectivity index (χ4v) is 3.30. The molecule has 0 aromatic heterocycles. The fourth-order valence-electron chi connectivity index (χ4n) is 3.30. The van der Waals surface area contributed by atoms with Crippen LogP contribution in [0.5, 0.6) is 0 Å². The number of esters is 1. The Hall–Kier alpha value is -3.68. The molecule has 0 unspecified atom stereocenters. The highest BCUT2D eigenvalue weighted by molar-refractivity contribution is 6.00. The van der Waals surface area contributed by atoms with Gasteiger partial charge in [0.15, 0.2) is 6.61 Å². The third-order valence-corrected chi connectivity index (χ3v) is 4.67. The van der Waals surface area contributed by atoms with Crippen molar-refractivity contribution in [2.24, 2.45) is 5.92 Å². The minimum Gasteiger partial charge on any atom is -0.455 e.